The molecule has 3 rings (SSSR count). The number of rotatable bonds is 5. The van der Waals surface area contributed by atoms with Gasteiger partial charge in [0.25, 0.3) is 0 Å². The van der Waals surface area contributed by atoms with Crippen LogP contribution in [-0.4, -0.2) is 65.2 Å². The number of nitrogens with one attached hydrogen (secondary N) is 1. The molecule has 6 heteroatoms. The van der Waals surface area contributed by atoms with Crippen molar-refractivity contribution in [3.8, 4) is 17.0 Å². The van der Waals surface area contributed by atoms with Crippen LogP contribution < -0.4 is 4.74 Å². The average molecular weight is 344 g/mol. The van der Waals surface area contributed by atoms with Crippen LogP contribution in [-0.2, 0) is 4.79 Å². The fourth-order valence-corrected chi connectivity index (χ4v) is 2.73. The summed E-state index contributed by atoms with van der Waals surface area (Å²) in [6.07, 6.45) is 1.74. The van der Waals surface area contributed by atoms with Crippen LogP contribution in [0.2, 0.25) is 0 Å². The van der Waals surface area contributed by atoms with E-state index in [9.17, 15) is 4.79 Å². The molecule has 1 saturated heterocycles. The number of ether oxygens (including phenoxy) is 1. The Labute approximate surface area is 149 Å². The van der Waals surface area contributed by atoms with Crippen molar-refractivity contribution in [2.75, 3.05) is 39.3 Å². The summed E-state index contributed by atoms with van der Waals surface area (Å²) in [5, 5.41) is 6.90. The summed E-state index contributed by atoms with van der Waals surface area (Å²) >= 11 is 0. The van der Waals surface area contributed by atoms with E-state index in [0.29, 0.717) is 6.61 Å². The van der Waals surface area contributed by atoms with Gasteiger partial charge >= 0.3 is 0 Å². The van der Waals surface area contributed by atoms with E-state index in [0.717, 1.165) is 49.7 Å². The minimum atomic E-state index is 0.165. The number of aromatic amines is 1. The second-order valence-electron chi connectivity index (χ2n) is 5.69. The van der Waals surface area contributed by atoms with Gasteiger partial charge in [0.2, 0.25) is 5.91 Å². The van der Waals surface area contributed by atoms with Gasteiger partial charge < -0.3 is 9.64 Å². The van der Waals surface area contributed by atoms with E-state index in [2.05, 4.69) is 15.1 Å². The summed E-state index contributed by atoms with van der Waals surface area (Å²) in [6.45, 7) is 10.6. The van der Waals surface area contributed by atoms with Crippen molar-refractivity contribution in [3.63, 3.8) is 0 Å². The number of benzene rings is 1. The van der Waals surface area contributed by atoms with Crippen molar-refractivity contribution >= 4 is 5.91 Å². The van der Waals surface area contributed by atoms with Crippen LogP contribution in [0.15, 0.2) is 36.5 Å². The number of amides is 1. The number of carbonyl (C=O) groups is 1. The molecule has 136 valence electrons. The highest BCUT2D eigenvalue weighted by Crippen LogP contribution is 2.20. The van der Waals surface area contributed by atoms with Crippen molar-refractivity contribution in [3.05, 3.63) is 36.5 Å². The Hall–Kier alpha value is -2.34. The van der Waals surface area contributed by atoms with Crippen molar-refractivity contribution in [2.45, 2.75) is 20.8 Å². The zero-order valence-electron chi connectivity index (χ0n) is 15.4. The summed E-state index contributed by atoms with van der Waals surface area (Å²) < 4.78 is 5.81. The Kier molecular flexibility index (Phi) is 7.47. The molecule has 0 radical (unpaired) electrons. The molecule has 2 aromatic rings. The van der Waals surface area contributed by atoms with E-state index < -0.39 is 0 Å². The zero-order valence-corrected chi connectivity index (χ0v) is 15.4. The monoisotopic (exact) mass is 344 g/mol. The molecule has 0 spiro atoms. The van der Waals surface area contributed by atoms with Gasteiger partial charge in [0.05, 0.1) is 5.69 Å². The largest absolute Gasteiger partial charge is 0.492 e. The molecule has 1 aliphatic heterocycles. The zero-order chi connectivity index (χ0) is 18.1. The first-order valence-electron chi connectivity index (χ1n) is 8.93. The van der Waals surface area contributed by atoms with Gasteiger partial charge in [0.15, 0.2) is 0 Å². The van der Waals surface area contributed by atoms with Gasteiger partial charge in [-0.05, 0) is 35.9 Å². The Morgan fingerprint density at radius 1 is 1.12 bits per heavy atom. The van der Waals surface area contributed by atoms with Crippen molar-refractivity contribution < 1.29 is 9.53 Å². The molecule has 0 bridgehead atoms. The van der Waals surface area contributed by atoms with E-state index >= 15 is 0 Å². The lowest BCUT2D eigenvalue weighted by atomic mass is 10.1. The third-order valence-corrected chi connectivity index (χ3v) is 4.16. The molecule has 1 N–H and O–H groups in total. The molecule has 0 unspecified atom stereocenters. The molecule has 1 aromatic heterocycles. The maximum Gasteiger partial charge on any atom is 0.219 e. The number of hydrogen-bond donors (Lipinski definition) is 1. The predicted octanol–water partition coefficient (Wildman–Crippen LogP) is 2.65. The maximum atomic E-state index is 11.3. The summed E-state index contributed by atoms with van der Waals surface area (Å²) in [6, 6.07) is 9.94. The normalized spacial score (nSPS) is 14.6. The summed E-state index contributed by atoms with van der Waals surface area (Å²) in [4.78, 5) is 15.5. The first-order chi connectivity index (χ1) is 12.2. The summed E-state index contributed by atoms with van der Waals surface area (Å²) in [7, 11) is 0. The van der Waals surface area contributed by atoms with Crippen LogP contribution in [0, 0.1) is 0 Å². The van der Waals surface area contributed by atoms with Crippen LogP contribution in [0.4, 0.5) is 0 Å². The van der Waals surface area contributed by atoms with Crippen LogP contribution >= 0.6 is 0 Å². The SMILES string of the molecule is CC.CC(=O)N1CCN(CCOc2ccc(-c3ccn[nH]3)cc2)CC1. The molecule has 0 saturated carbocycles. The maximum absolute atomic E-state index is 11.3. The topological polar surface area (TPSA) is 61.5 Å². The molecular formula is C19H28N4O2. The standard InChI is InChI=1S/C17H22N4O2.C2H6/c1-14(22)21-10-8-20(9-11-21)12-13-23-16-4-2-15(3-5-16)17-6-7-18-19-17;1-2/h2-7H,8-13H2,1H3,(H,18,19);1-2H3. The third-order valence-electron chi connectivity index (χ3n) is 4.16. The number of aromatic nitrogens is 2. The van der Waals surface area contributed by atoms with Crippen LogP contribution in [0.5, 0.6) is 5.75 Å². The van der Waals surface area contributed by atoms with Gasteiger partial charge in [0, 0.05) is 45.8 Å². The first-order valence-corrected chi connectivity index (χ1v) is 8.93. The predicted molar refractivity (Wildman–Crippen MR) is 99.6 cm³/mol. The van der Waals surface area contributed by atoms with Gasteiger partial charge in [0.1, 0.15) is 12.4 Å². The number of hydrogen-bond acceptors (Lipinski definition) is 4. The number of nitrogens with zero attached hydrogens (tertiary/aromatic N) is 3. The lowest BCUT2D eigenvalue weighted by Crippen LogP contribution is -2.48. The second kappa shape index (κ2) is 9.84. The Morgan fingerprint density at radius 3 is 2.36 bits per heavy atom. The molecule has 1 aromatic carbocycles. The van der Waals surface area contributed by atoms with E-state index in [-0.39, 0.29) is 5.91 Å². The summed E-state index contributed by atoms with van der Waals surface area (Å²) in [5.74, 6) is 1.04. The highest BCUT2D eigenvalue weighted by molar-refractivity contribution is 5.73. The third kappa shape index (κ3) is 5.60. The molecule has 0 aliphatic carbocycles. The first kappa shape index (κ1) is 19.0. The molecule has 0 atom stereocenters. The van der Waals surface area contributed by atoms with Gasteiger partial charge in [-0.15, -0.1) is 0 Å². The molecule has 6 nitrogen and oxygen atoms in total. The second-order valence-corrected chi connectivity index (χ2v) is 5.69. The highest BCUT2D eigenvalue weighted by atomic mass is 16.5. The quantitative estimate of drug-likeness (QED) is 0.906. The van der Waals surface area contributed by atoms with Gasteiger partial charge in [-0.1, -0.05) is 13.8 Å². The highest BCUT2D eigenvalue weighted by Gasteiger charge is 2.17. The van der Waals surface area contributed by atoms with Gasteiger partial charge in [-0.2, -0.15) is 5.10 Å². The van der Waals surface area contributed by atoms with Gasteiger partial charge in [-0.3, -0.25) is 14.8 Å². The molecule has 2 heterocycles. The fraction of sp³-hybridized carbons (Fsp3) is 0.474. The molecule has 1 fully saturated rings. The Balaban J connectivity index is 0.00000109. The number of piperazine rings is 1. The molecule has 1 aliphatic rings. The van der Waals surface area contributed by atoms with E-state index in [1.807, 2.05) is 49.1 Å². The smallest absolute Gasteiger partial charge is 0.219 e. The fourth-order valence-electron chi connectivity index (χ4n) is 2.73. The lowest BCUT2D eigenvalue weighted by Gasteiger charge is -2.34. The van der Waals surface area contributed by atoms with Gasteiger partial charge in [-0.25, -0.2) is 0 Å². The van der Waals surface area contributed by atoms with E-state index in [1.54, 1.807) is 13.1 Å². The van der Waals surface area contributed by atoms with Crippen LogP contribution in [0.1, 0.15) is 20.8 Å². The number of H-pyrrole nitrogens is 1. The van der Waals surface area contributed by atoms with Crippen molar-refractivity contribution in [1.29, 1.82) is 0 Å². The minimum Gasteiger partial charge on any atom is -0.492 e. The van der Waals surface area contributed by atoms with E-state index in [1.165, 1.54) is 0 Å². The molecule has 25 heavy (non-hydrogen) atoms. The summed E-state index contributed by atoms with van der Waals surface area (Å²) in [5.41, 5.74) is 2.09. The molecule has 1 amide bonds. The lowest BCUT2D eigenvalue weighted by molar-refractivity contribution is -0.130. The minimum absolute atomic E-state index is 0.165. The Bertz CT molecular complexity index is 617. The number of carbonyl (C=O) groups excluding carboxylic acids is 1. The Morgan fingerprint density at radius 2 is 1.80 bits per heavy atom. The van der Waals surface area contributed by atoms with Crippen molar-refractivity contribution in [2.24, 2.45) is 0 Å². The average Bonchev–Trinajstić information content (AvgIpc) is 3.19. The van der Waals surface area contributed by atoms with Crippen LogP contribution in [0.25, 0.3) is 11.3 Å². The van der Waals surface area contributed by atoms with Crippen molar-refractivity contribution in [1.82, 2.24) is 20.0 Å². The van der Waals surface area contributed by atoms with E-state index in [4.69, 9.17) is 4.74 Å². The van der Waals surface area contributed by atoms with Crippen LogP contribution in [0.3, 0.4) is 0 Å². The molecular weight excluding hydrogens is 316 g/mol.